The zero-order chi connectivity index (χ0) is 19.2. The van der Waals surface area contributed by atoms with E-state index in [0.29, 0.717) is 18.0 Å². The van der Waals surface area contributed by atoms with Crippen LogP contribution < -0.4 is 11.1 Å². The van der Waals surface area contributed by atoms with Crippen LogP contribution in [0.15, 0.2) is 48.7 Å². The molecule has 3 atom stereocenters. The van der Waals surface area contributed by atoms with E-state index in [1.165, 1.54) is 48.9 Å². The molecule has 1 aromatic heterocycles. The maximum Gasteiger partial charge on any atom is 0.0607 e. The molecule has 2 heterocycles. The quantitative estimate of drug-likeness (QED) is 0.689. The van der Waals surface area contributed by atoms with Crippen molar-refractivity contribution in [2.75, 3.05) is 26.2 Å². The Morgan fingerprint density at radius 3 is 2.86 bits per heavy atom. The molecule has 2 unspecified atom stereocenters. The molecule has 1 saturated heterocycles. The summed E-state index contributed by atoms with van der Waals surface area (Å²) in [5.74, 6) is 0.633. The van der Waals surface area contributed by atoms with E-state index in [-0.39, 0.29) is 0 Å². The summed E-state index contributed by atoms with van der Waals surface area (Å²) in [6.45, 7) is 4.09. The molecule has 2 aromatic rings. The minimum atomic E-state index is 0.459. The molecular weight excluding hydrogens is 344 g/mol. The van der Waals surface area contributed by atoms with E-state index in [2.05, 4.69) is 52.7 Å². The van der Waals surface area contributed by atoms with Crippen molar-refractivity contribution in [2.45, 2.75) is 56.5 Å². The van der Waals surface area contributed by atoms with Gasteiger partial charge in [0.25, 0.3) is 0 Å². The highest BCUT2D eigenvalue weighted by atomic mass is 15.2. The molecule has 1 fully saturated rings. The van der Waals surface area contributed by atoms with E-state index in [0.717, 1.165) is 32.6 Å². The highest BCUT2D eigenvalue weighted by molar-refractivity contribution is 5.26. The van der Waals surface area contributed by atoms with Gasteiger partial charge in [0.2, 0.25) is 0 Å². The fraction of sp³-hybridized carbons (Fsp3) is 0.542. The lowest BCUT2D eigenvalue weighted by Gasteiger charge is -2.36. The number of rotatable bonds is 8. The fourth-order valence-corrected chi connectivity index (χ4v) is 4.99. The van der Waals surface area contributed by atoms with Crippen molar-refractivity contribution in [1.29, 1.82) is 0 Å². The third kappa shape index (κ3) is 4.62. The third-order valence-corrected chi connectivity index (χ3v) is 6.45. The topological polar surface area (TPSA) is 54.2 Å². The SMILES string of the molecule is NCCCCN(C[C@@H]1CC(c2ccccc2)CN1)C1CCCc2cccnc21. The molecule has 1 aliphatic carbocycles. The lowest BCUT2D eigenvalue weighted by atomic mass is 9.90. The number of pyridine rings is 1. The maximum atomic E-state index is 5.77. The second-order valence-electron chi connectivity index (χ2n) is 8.39. The smallest absolute Gasteiger partial charge is 0.0607 e. The van der Waals surface area contributed by atoms with Crippen molar-refractivity contribution < 1.29 is 0 Å². The van der Waals surface area contributed by atoms with Gasteiger partial charge in [0, 0.05) is 25.3 Å². The second kappa shape index (κ2) is 9.64. The van der Waals surface area contributed by atoms with Crippen molar-refractivity contribution in [3.8, 4) is 0 Å². The van der Waals surface area contributed by atoms with Crippen molar-refractivity contribution >= 4 is 0 Å². The van der Waals surface area contributed by atoms with Crippen LogP contribution in [0.1, 0.15) is 60.9 Å². The summed E-state index contributed by atoms with van der Waals surface area (Å²) in [7, 11) is 0. The van der Waals surface area contributed by atoms with Crippen LogP contribution in [-0.4, -0.2) is 42.1 Å². The van der Waals surface area contributed by atoms with Crippen LogP contribution in [0.2, 0.25) is 0 Å². The van der Waals surface area contributed by atoms with Crippen LogP contribution in [0.25, 0.3) is 0 Å². The summed E-state index contributed by atoms with van der Waals surface area (Å²) in [6, 6.07) is 16.3. The Morgan fingerprint density at radius 1 is 1.11 bits per heavy atom. The minimum absolute atomic E-state index is 0.459. The monoisotopic (exact) mass is 378 g/mol. The van der Waals surface area contributed by atoms with E-state index < -0.39 is 0 Å². The molecular formula is C24H34N4. The molecule has 4 nitrogen and oxygen atoms in total. The molecule has 4 heteroatoms. The average Bonchev–Trinajstić information content (AvgIpc) is 3.22. The van der Waals surface area contributed by atoms with Crippen LogP contribution in [-0.2, 0) is 6.42 Å². The first-order valence-electron chi connectivity index (χ1n) is 11.0. The second-order valence-corrected chi connectivity index (χ2v) is 8.39. The number of nitrogens with zero attached hydrogens (tertiary/aromatic N) is 2. The summed E-state index contributed by atoms with van der Waals surface area (Å²) in [4.78, 5) is 7.50. The minimum Gasteiger partial charge on any atom is -0.330 e. The van der Waals surface area contributed by atoms with Gasteiger partial charge in [0.15, 0.2) is 0 Å². The summed E-state index contributed by atoms with van der Waals surface area (Å²) in [5, 5.41) is 3.80. The summed E-state index contributed by atoms with van der Waals surface area (Å²) in [6.07, 6.45) is 9.12. The van der Waals surface area contributed by atoms with Crippen LogP contribution in [0, 0.1) is 0 Å². The van der Waals surface area contributed by atoms with E-state index in [1.54, 1.807) is 0 Å². The van der Waals surface area contributed by atoms with Gasteiger partial charge in [-0.15, -0.1) is 0 Å². The number of nitrogens with one attached hydrogen (secondary N) is 1. The van der Waals surface area contributed by atoms with Gasteiger partial charge in [-0.1, -0.05) is 36.4 Å². The highest BCUT2D eigenvalue weighted by Gasteiger charge is 2.31. The van der Waals surface area contributed by atoms with Crippen LogP contribution >= 0.6 is 0 Å². The van der Waals surface area contributed by atoms with E-state index in [9.17, 15) is 0 Å². The number of aromatic nitrogens is 1. The molecule has 0 radical (unpaired) electrons. The van der Waals surface area contributed by atoms with Gasteiger partial charge in [-0.2, -0.15) is 0 Å². The van der Waals surface area contributed by atoms with E-state index >= 15 is 0 Å². The number of unbranched alkanes of at least 4 members (excludes halogenated alkanes) is 1. The van der Waals surface area contributed by atoms with Crippen molar-refractivity contribution in [1.82, 2.24) is 15.2 Å². The molecule has 150 valence electrons. The highest BCUT2D eigenvalue weighted by Crippen LogP contribution is 2.34. The van der Waals surface area contributed by atoms with Crippen molar-refractivity contribution in [3.63, 3.8) is 0 Å². The number of nitrogens with two attached hydrogens (primary N) is 1. The van der Waals surface area contributed by atoms with E-state index in [1.807, 2.05) is 6.20 Å². The molecule has 0 saturated carbocycles. The Bertz CT molecular complexity index is 732. The molecule has 3 N–H and O–H groups in total. The number of hydrogen-bond acceptors (Lipinski definition) is 4. The fourth-order valence-electron chi connectivity index (χ4n) is 4.99. The molecule has 4 rings (SSSR count). The van der Waals surface area contributed by atoms with E-state index in [4.69, 9.17) is 10.7 Å². The zero-order valence-electron chi connectivity index (χ0n) is 16.9. The Kier molecular flexibility index (Phi) is 6.73. The van der Waals surface area contributed by atoms with Crippen LogP contribution in [0.3, 0.4) is 0 Å². The molecule has 0 bridgehead atoms. The van der Waals surface area contributed by atoms with Gasteiger partial charge >= 0.3 is 0 Å². The molecule has 0 amide bonds. The summed E-state index contributed by atoms with van der Waals surface area (Å²) >= 11 is 0. The first-order valence-corrected chi connectivity index (χ1v) is 11.0. The number of fused-ring (bicyclic) bond motifs is 1. The lowest BCUT2D eigenvalue weighted by molar-refractivity contribution is 0.157. The number of aryl methyl sites for hydroxylation is 1. The Balaban J connectivity index is 1.45. The van der Waals surface area contributed by atoms with Gasteiger partial charge in [-0.05, 0) is 74.7 Å². The first-order chi connectivity index (χ1) is 13.8. The predicted molar refractivity (Wildman–Crippen MR) is 115 cm³/mol. The Hall–Kier alpha value is -1.75. The third-order valence-electron chi connectivity index (χ3n) is 6.45. The molecule has 1 aromatic carbocycles. The van der Waals surface area contributed by atoms with Gasteiger partial charge in [0.1, 0.15) is 0 Å². The van der Waals surface area contributed by atoms with Gasteiger partial charge in [-0.25, -0.2) is 0 Å². The lowest BCUT2D eigenvalue weighted by Crippen LogP contribution is -2.41. The molecule has 28 heavy (non-hydrogen) atoms. The largest absolute Gasteiger partial charge is 0.330 e. The Morgan fingerprint density at radius 2 is 2.00 bits per heavy atom. The predicted octanol–water partition coefficient (Wildman–Crippen LogP) is 3.65. The van der Waals surface area contributed by atoms with Crippen molar-refractivity contribution in [2.24, 2.45) is 5.73 Å². The standard InChI is InChI=1S/C24H34N4/c25-13-4-5-15-28(23-12-6-10-20-11-7-14-26-24(20)23)18-22-16-21(17-27-22)19-8-2-1-3-9-19/h1-3,7-9,11,14,21-23,27H,4-6,10,12-13,15-18,25H2/t21?,22-,23?/m0/s1. The van der Waals surface area contributed by atoms with Gasteiger partial charge in [0.05, 0.1) is 11.7 Å². The first kappa shape index (κ1) is 19.6. The van der Waals surface area contributed by atoms with Gasteiger partial charge < -0.3 is 11.1 Å². The molecule has 1 aliphatic heterocycles. The maximum absolute atomic E-state index is 5.77. The molecule has 0 spiro atoms. The zero-order valence-corrected chi connectivity index (χ0v) is 16.9. The summed E-state index contributed by atoms with van der Waals surface area (Å²) < 4.78 is 0. The summed E-state index contributed by atoms with van der Waals surface area (Å²) in [5.41, 5.74) is 10.0. The van der Waals surface area contributed by atoms with Gasteiger partial charge in [-0.3, -0.25) is 9.88 Å². The Labute approximate surface area is 169 Å². The van der Waals surface area contributed by atoms with Crippen LogP contribution in [0.4, 0.5) is 0 Å². The normalized spacial score (nSPS) is 24.4. The van der Waals surface area contributed by atoms with Crippen LogP contribution in [0.5, 0.6) is 0 Å². The average molecular weight is 379 g/mol. The number of hydrogen-bond donors (Lipinski definition) is 2. The number of benzene rings is 1. The molecule has 2 aliphatic rings. The van der Waals surface area contributed by atoms with Crippen molar-refractivity contribution in [3.05, 3.63) is 65.5 Å².